The molecular weight excluding hydrogens is 264 g/mol. The molecule has 0 aromatic heterocycles. The number of nitrogens with zero attached hydrogens (tertiary/aromatic N) is 2. The smallest absolute Gasteiger partial charge is 0.124 e. The highest BCUT2D eigenvalue weighted by Gasteiger charge is 2.17. The molecule has 0 saturated heterocycles. The molecule has 106 valence electrons. The van der Waals surface area contributed by atoms with Crippen molar-refractivity contribution in [1.29, 1.82) is 5.26 Å². The van der Waals surface area contributed by atoms with Crippen molar-refractivity contribution in [2.75, 3.05) is 18.1 Å². The molecular formula is C17H16N2O2. The van der Waals surface area contributed by atoms with Crippen LogP contribution in [0.2, 0.25) is 0 Å². The summed E-state index contributed by atoms with van der Waals surface area (Å²) in [7, 11) is 0. The Morgan fingerprint density at radius 2 is 2.10 bits per heavy atom. The van der Waals surface area contributed by atoms with Gasteiger partial charge >= 0.3 is 0 Å². The van der Waals surface area contributed by atoms with Crippen LogP contribution in [0.5, 0.6) is 5.75 Å². The van der Waals surface area contributed by atoms with Crippen molar-refractivity contribution in [1.82, 2.24) is 0 Å². The van der Waals surface area contributed by atoms with Crippen molar-refractivity contribution in [3.8, 4) is 11.8 Å². The van der Waals surface area contributed by atoms with Gasteiger partial charge in [-0.2, -0.15) is 5.26 Å². The molecule has 3 rings (SSSR count). The summed E-state index contributed by atoms with van der Waals surface area (Å²) < 4.78 is 5.75. The molecule has 2 aromatic carbocycles. The number of aliphatic hydroxyl groups excluding tert-OH is 1. The second-order valence-corrected chi connectivity index (χ2v) is 5.00. The van der Waals surface area contributed by atoms with Gasteiger partial charge in [0.2, 0.25) is 0 Å². The lowest BCUT2D eigenvalue weighted by molar-refractivity contribution is 0.282. The van der Waals surface area contributed by atoms with Gasteiger partial charge in [-0.25, -0.2) is 0 Å². The van der Waals surface area contributed by atoms with Crippen molar-refractivity contribution in [2.45, 2.75) is 13.2 Å². The van der Waals surface area contributed by atoms with Gasteiger partial charge in [0.1, 0.15) is 18.4 Å². The highest BCUT2D eigenvalue weighted by atomic mass is 16.5. The van der Waals surface area contributed by atoms with Crippen LogP contribution in [0.3, 0.4) is 0 Å². The number of rotatable bonds is 2. The minimum absolute atomic E-state index is 0.0547. The van der Waals surface area contributed by atoms with Gasteiger partial charge in [0.05, 0.1) is 24.4 Å². The van der Waals surface area contributed by atoms with E-state index in [9.17, 15) is 10.4 Å². The lowest BCUT2D eigenvalue weighted by atomic mass is 10.1. The van der Waals surface area contributed by atoms with Gasteiger partial charge in [0.15, 0.2) is 0 Å². The number of ether oxygens (including phenoxy) is 1. The van der Waals surface area contributed by atoms with Crippen LogP contribution in [0.4, 0.5) is 5.69 Å². The summed E-state index contributed by atoms with van der Waals surface area (Å²) in [4.78, 5) is 2.14. The van der Waals surface area contributed by atoms with Crippen LogP contribution in [-0.4, -0.2) is 18.3 Å². The minimum Gasteiger partial charge on any atom is -0.491 e. The normalized spacial score (nSPS) is 13.8. The molecule has 1 heterocycles. The Morgan fingerprint density at radius 3 is 2.90 bits per heavy atom. The van der Waals surface area contributed by atoms with E-state index < -0.39 is 0 Å². The Balaban J connectivity index is 1.96. The molecule has 0 amide bonds. The highest BCUT2D eigenvalue weighted by molar-refractivity contribution is 5.61. The molecule has 0 radical (unpaired) electrons. The zero-order valence-electron chi connectivity index (χ0n) is 11.6. The van der Waals surface area contributed by atoms with Crippen molar-refractivity contribution in [3.05, 3.63) is 59.2 Å². The first-order valence-electron chi connectivity index (χ1n) is 6.91. The Bertz CT molecular complexity index is 691. The molecule has 0 aliphatic carbocycles. The molecule has 0 atom stereocenters. The minimum atomic E-state index is -0.0547. The van der Waals surface area contributed by atoms with Gasteiger partial charge in [-0.1, -0.05) is 24.3 Å². The van der Waals surface area contributed by atoms with Crippen LogP contribution in [0.1, 0.15) is 16.7 Å². The van der Waals surface area contributed by atoms with Gasteiger partial charge in [-0.15, -0.1) is 0 Å². The molecule has 1 aliphatic rings. The topological polar surface area (TPSA) is 56.5 Å². The molecule has 0 saturated carbocycles. The van der Waals surface area contributed by atoms with Crippen molar-refractivity contribution in [2.24, 2.45) is 0 Å². The molecule has 0 fully saturated rings. The monoisotopic (exact) mass is 280 g/mol. The predicted octanol–water partition coefficient (Wildman–Crippen LogP) is 2.45. The van der Waals surface area contributed by atoms with Crippen molar-refractivity contribution in [3.63, 3.8) is 0 Å². The maximum atomic E-state index is 9.35. The Hall–Kier alpha value is -2.51. The van der Waals surface area contributed by atoms with E-state index in [4.69, 9.17) is 4.74 Å². The van der Waals surface area contributed by atoms with E-state index in [1.807, 2.05) is 36.4 Å². The molecule has 4 heteroatoms. The molecule has 0 bridgehead atoms. The summed E-state index contributed by atoms with van der Waals surface area (Å²) in [5.74, 6) is 0.908. The maximum absolute atomic E-state index is 9.35. The zero-order valence-corrected chi connectivity index (χ0v) is 11.6. The number of hydrogen-bond donors (Lipinski definition) is 1. The second-order valence-electron chi connectivity index (χ2n) is 5.00. The number of nitriles is 1. The average Bonchev–Trinajstić information content (AvgIpc) is 2.76. The molecule has 21 heavy (non-hydrogen) atoms. The number of aliphatic hydroxyl groups is 1. The Morgan fingerprint density at radius 1 is 1.24 bits per heavy atom. The first-order valence-corrected chi connectivity index (χ1v) is 6.91. The van der Waals surface area contributed by atoms with Gasteiger partial charge in [0, 0.05) is 12.1 Å². The first-order chi connectivity index (χ1) is 10.3. The van der Waals surface area contributed by atoms with Crippen LogP contribution in [0, 0.1) is 11.3 Å². The first kappa shape index (κ1) is 13.5. The van der Waals surface area contributed by atoms with Crippen LogP contribution in [0.15, 0.2) is 42.5 Å². The summed E-state index contributed by atoms with van der Waals surface area (Å²) in [5, 5.41) is 18.5. The number of hydrogen-bond acceptors (Lipinski definition) is 4. The summed E-state index contributed by atoms with van der Waals surface area (Å²) in [5.41, 5.74) is 3.34. The Labute approximate surface area is 123 Å². The SMILES string of the molecule is N#Cc1cc(CO)ccc1N1CCOc2ccccc2C1. The molecule has 1 aliphatic heterocycles. The third kappa shape index (κ3) is 2.69. The lowest BCUT2D eigenvalue weighted by Gasteiger charge is -2.23. The van der Waals surface area contributed by atoms with Crippen LogP contribution in [0.25, 0.3) is 0 Å². The van der Waals surface area contributed by atoms with E-state index in [0.29, 0.717) is 18.7 Å². The van der Waals surface area contributed by atoms with Gasteiger partial charge in [0.25, 0.3) is 0 Å². The van der Waals surface area contributed by atoms with E-state index in [1.165, 1.54) is 0 Å². The third-order valence-corrected chi connectivity index (χ3v) is 3.66. The van der Waals surface area contributed by atoms with Gasteiger partial charge in [-0.3, -0.25) is 0 Å². The fourth-order valence-corrected chi connectivity index (χ4v) is 2.58. The van der Waals surface area contributed by atoms with E-state index in [2.05, 4.69) is 11.0 Å². The molecule has 2 aromatic rings. The molecule has 1 N–H and O–H groups in total. The number of anilines is 1. The lowest BCUT2D eigenvalue weighted by Crippen LogP contribution is -2.26. The van der Waals surface area contributed by atoms with E-state index >= 15 is 0 Å². The quantitative estimate of drug-likeness (QED) is 0.918. The Kier molecular flexibility index (Phi) is 3.76. The largest absolute Gasteiger partial charge is 0.491 e. The number of fused-ring (bicyclic) bond motifs is 1. The van der Waals surface area contributed by atoms with Gasteiger partial charge in [-0.05, 0) is 23.8 Å². The molecule has 0 spiro atoms. The molecule has 4 nitrogen and oxygen atoms in total. The standard InChI is InChI=1S/C17H16N2O2/c18-10-15-9-13(12-20)5-6-16(15)19-7-8-21-17-4-2-1-3-14(17)11-19/h1-6,9,20H,7-8,11-12H2. The van der Waals surface area contributed by atoms with Crippen molar-refractivity contribution < 1.29 is 9.84 Å². The number of para-hydroxylation sites is 1. The average molecular weight is 280 g/mol. The maximum Gasteiger partial charge on any atom is 0.124 e. The van der Waals surface area contributed by atoms with Crippen LogP contribution in [-0.2, 0) is 13.2 Å². The summed E-state index contributed by atoms with van der Waals surface area (Å²) in [6.07, 6.45) is 0. The molecule has 0 unspecified atom stereocenters. The zero-order chi connectivity index (χ0) is 14.7. The van der Waals surface area contributed by atoms with Crippen LogP contribution < -0.4 is 9.64 Å². The van der Waals surface area contributed by atoms with Gasteiger partial charge < -0.3 is 14.7 Å². The number of benzene rings is 2. The second kappa shape index (κ2) is 5.86. The van der Waals surface area contributed by atoms with E-state index in [0.717, 1.165) is 29.1 Å². The summed E-state index contributed by atoms with van der Waals surface area (Å²) >= 11 is 0. The fourth-order valence-electron chi connectivity index (χ4n) is 2.58. The highest BCUT2D eigenvalue weighted by Crippen LogP contribution is 2.28. The van der Waals surface area contributed by atoms with E-state index in [1.54, 1.807) is 6.07 Å². The fraction of sp³-hybridized carbons (Fsp3) is 0.235. The predicted molar refractivity (Wildman–Crippen MR) is 80.1 cm³/mol. The van der Waals surface area contributed by atoms with E-state index in [-0.39, 0.29) is 6.61 Å². The summed E-state index contributed by atoms with van der Waals surface area (Å²) in [6.45, 7) is 1.97. The summed E-state index contributed by atoms with van der Waals surface area (Å²) in [6, 6.07) is 15.7. The third-order valence-electron chi connectivity index (χ3n) is 3.66. The van der Waals surface area contributed by atoms with Crippen LogP contribution >= 0.6 is 0 Å². The van der Waals surface area contributed by atoms with Crippen molar-refractivity contribution >= 4 is 5.69 Å².